The molecule has 2 aliphatic heterocycles. The Kier molecular flexibility index (Phi) is 3.98. The molecular weight excluding hydrogens is 327 g/mol. The first-order valence-electron chi connectivity index (χ1n) is 6.93. The zero-order chi connectivity index (χ0) is 15.9. The number of rotatable bonds is 2. The fraction of sp³-hybridized carbons (Fsp3) is 0.429. The number of amidine groups is 1. The van der Waals surface area contributed by atoms with Gasteiger partial charge in [-0.3, -0.25) is 4.79 Å². The largest absolute Gasteiger partial charge is 0.313 e. The van der Waals surface area contributed by atoms with Gasteiger partial charge in [-0.15, -0.1) is 0 Å². The van der Waals surface area contributed by atoms with Crippen molar-refractivity contribution in [3.63, 3.8) is 0 Å². The summed E-state index contributed by atoms with van der Waals surface area (Å²) in [4.78, 5) is 17.2. The third-order valence-electron chi connectivity index (χ3n) is 3.70. The molecule has 1 aromatic carbocycles. The van der Waals surface area contributed by atoms with Gasteiger partial charge in [0.05, 0.1) is 23.2 Å². The van der Waals surface area contributed by atoms with Crippen LogP contribution in [-0.4, -0.2) is 42.3 Å². The van der Waals surface area contributed by atoms with Gasteiger partial charge in [0.15, 0.2) is 15.0 Å². The van der Waals surface area contributed by atoms with Crippen molar-refractivity contribution in [3.8, 4) is 0 Å². The lowest BCUT2D eigenvalue weighted by molar-refractivity contribution is -0.117. The number of nitrogens with zero attached hydrogens (tertiary/aromatic N) is 2. The number of anilines is 1. The zero-order valence-electron chi connectivity index (χ0n) is 11.9. The minimum atomic E-state index is -3.14. The predicted octanol–water partition coefficient (Wildman–Crippen LogP) is 1.84. The van der Waals surface area contributed by atoms with E-state index in [1.165, 1.54) is 17.8 Å². The van der Waals surface area contributed by atoms with Gasteiger partial charge in [0, 0.05) is 11.7 Å². The number of halogens is 1. The third-order valence-corrected chi connectivity index (χ3v) is 6.91. The van der Waals surface area contributed by atoms with Gasteiger partial charge in [0.1, 0.15) is 5.82 Å². The van der Waals surface area contributed by atoms with E-state index in [0.29, 0.717) is 5.17 Å². The van der Waals surface area contributed by atoms with E-state index in [-0.39, 0.29) is 40.8 Å². The van der Waals surface area contributed by atoms with Crippen molar-refractivity contribution in [1.29, 1.82) is 0 Å². The van der Waals surface area contributed by atoms with Crippen LogP contribution in [0, 0.1) is 5.82 Å². The number of para-hydroxylation sites is 1. The van der Waals surface area contributed by atoms with Crippen molar-refractivity contribution in [2.75, 3.05) is 16.4 Å². The van der Waals surface area contributed by atoms with E-state index in [4.69, 9.17) is 0 Å². The first-order chi connectivity index (χ1) is 10.4. The highest BCUT2D eigenvalue weighted by Gasteiger charge is 2.49. The molecular formula is C14H15FN2O3S2. The molecule has 2 fully saturated rings. The number of hydrogen-bond donors (Lipinski definition) is 0. The van der Waals surface area contributed by atoms with Crippen LogP contribution in [0.4, 0.5) is 10.1 Å². The summed E-state index contributed by atoms with van der Waals surface area (Å²) >= 11 is 1.25. The summed E-state index contributed by atoms with van der Waals surface area (Å²) in [5, 5.41) is 0.176. The molecule has 2 atom stereocenters. The molecule has 2 heterocycles. The summed E-state index contributed by atoms with van der Waals surface area (Å²) in [7, 11) is -3.14. The van der Waals surface area contributed by atoms with Gasteiger partial charge in [-0.05, 0) is 12.1 Å². The average Bonchev–Trinajstić information content (AvgIpc) is 2.91. The van der Waals surface area contributed by atoms with Crippen LogP contribution >= 0.6 is 11.8 Å². The van der Waals surface area contributed by atoms with Gasteiger partial charge < -0.3 is 4.90 Å². The number of hydrogen-bond acceptors (Lipinski definition) is 4. The SMILES string of the molecule is CCC(=O)N=C1S[C@@H]2CS(=O)(=O)C[C@H]2N1c1ccccc1F. The maximum Gasteiger partial charge on any atom is 0.247 e. The Morgan fingerprint density at radius 1 is 1.41 bits per heavy atom. The fourth-order valence-electron chi connectivity index (χ4n) is 2.68. The molecule has 0 radical (unpaired) electrons. The number of aliphatic imine (C=N–C) groups is 1. The van der Waals surface area contributed by atoms with Crippen LogP contribution in [-0.2, 0) is 14.6 Å². The van der Waals surface area contributed by atoms with Crippen molar-refractivity contribution < 1.29 is 17.6 Å². The van der Waals surface area contributed by atoms with Crippen molar-refractivity contribution in [2.45, 2.75) is 24.6 Å². The smallest absolute Gasteiger partial charge is 0.247 e. The minimum Gasteiger partial charge on any atom is -0.313 e. The monoisotopic (exact) mass is 342 g/mol. The minimum absolute atomic E-state index is 0.0343. The summed E-state index contributed by atoms with van der Waals surface area (Å²) in [6.07, 6.45) is 0.253. The Morgan fingerprint density at radius 3 is 2.82 bits per heavy atom. The fourth-order valence-corrected chi connectivity index (χ4v) is 6.60. The Hall–Kier alpha value is -1.41. The van der Waals surface area contributed by atoms with Crippen LogP contribution in [0.5, 0.6) is 0 Å². The molecule has 0 aromatic heterocycles. The lowest BCUT2D eigenvalue weighted by atomic mass is 10.2. The van der Waals surface area contributed by atoms with Crippen molar-refractivity contribution in [2.24, 2.45) is 4.99 Å². The molecule has 0 bridgehead atoms. The lowest BCUT2D eigenvalue weighted by Gasteiger charge is -2.24. The van der Waals surface area contributed by atoms with Gasteiger partial charge in [-0.25, -0.2) is 12.8 Å². The summed E-state index contributed by atoms with van der Waals surface area (Å²) in [6, 6.07) is 5.76. The third kappa shape index (κ3) is 2.77. The van der Waals surface area contributed by atoms with Crippen LogP contribution in [0.1, 0.15) is 13.3 Å². The van der Waals surface area contributed by atoms with Crippen LogP contribution in [0.3, 0.4) is 0 Å². The predicted molar refractivity (Wildman–Crippen MR) is 85.4 cm³/mol. The summed E-state index contributed by atoms with van der Waals surface area (Å²) in [5.74, 6) is -0.762. The second-order valence-corrected chi connectivity index (χ2v) is 8.62. The van der Waals surface area contributed by atoms with Gasteiger partial charge in [0.2, 0.25) is 5.91 Å². The number of benzene rings is 1. The van der Waals surface area contributed by atoms with E-state index in [0.717, 1.165) is 0 Å². The van der Waals surface area contributed by atoms with Crippen molar-refractivity contribution in [1.82, 2.24) is 0 Å². The van der Waals surface area contributed by atoms with E-state index < -0.39 is 15.7 Å². The summed E-state index contributed by atoms with van der Waals surface area (Å²) < 4.78 is 37.8. The Balaban J connectivity index is 2.05. The molecule has 2 saturated heterocycles. The second kappa shape index (κ2) is 5.66. The maximum atomic E-state index is 14.1. The van der Waals surface area contributed by atoms with E-state index in [1.54, 1.807) is 30.0 Å². The Bertz CT molecular complexity index is 748. The molecule has 1 amide bonds. The maximum absolute atomic E-state index is 14.1. The van der Waals surface area contributed by atoms with Crippen LogP contribution in [0.15, 0.2) is 29.3 Å². The molecule has 1 aromatic rings. The number of thioether (sulfide) groups is 1. The van der Waals surface area contributed by atoms with E-state index >= 15 is 0 Å². The molecule has 3 rings (SSSR count). The average molecular weight is 342 g/mol. The molecule has 5 nitrogen and oxygen atoms in total. The number of sulfone groups is 1. The molecule has 0 unspecified atom stereocenters. The Labute approximate surface area is 132 Å². The van der Waals surface area contributed by atoms with Crippen molar-refractivity contribution >= 4 is 38.4 Å². The first-order valence-corrected chi connectivity index (χ1v) is 9.64. The van der Waals surface area contributed by atoms with Gasteiger partial charge in [-0.2, -0.15) is 4.99 Å². The van der Waals surface area contributed by atoms with Crippen molar-refractivity contribution in [3.05, 3.63) is 30.1 Å². The molecule has 0 aliphatic carbocycles. The number of carbonyl (C=O) groups excluding carboxylic acids is 1. The number of amides is 1. The van der Waals surface area contributed by atoms with E-state index in [2.05, 4.69) is 4.99 Å². The van der Waals surface area contributed by atoms with Crippen LogP contribution < -0.4 is 4.90 Å². The van der Waals surface area contributed by atoms with Gasteiger partial charge >= 0.3 is 0 Å². The Morgan fingerprint density at radius 2 is 2.14 bits per heavy atom. The molecule has 22 heavy (non-hydrogen) atoms. The molecule has 8 heteroatoms. The zero-order valence-corrected chi connectivity index (χ0v) is 13.5. The highest BCUT2D eigenvalue weighted by molar-refractivity contribution is 8.16. The molecule has 2 aliphatic rings. The topological polar surface area (TPSA) is 66.8 Å². The van der Waals surface area contributed by atoms with Crippen LogP contribution in [0.25, 0.3) is 0 Å². The molecule has 0 N–H and O–H groups in total. The van der Waals surface area contributed by atoms with Gasteiger partial charge in [0.25, 0.3) is 0 Å². The van der Waals surface area contributed by atoms with E-state index in [1.807, 2.05) is 0 Å². The summed E-state index contributed by atoms with van der Waals surface area (Å²) in [5.41, 5.74) is 0.266. The van der Waals surface area contributed by atoms with Crippen LogP contribution in [0.2, 0.25) is 0 Å². The molecule has 0 saturated carbocycles. The van der Waals surface area contributed by atoms with Gasteiger partial charge in [-0.1, -0.05) is 30.8 Å². The standard InChI is InChI=1S/C14H15FN2O3S2/c1-2-13(18)16-14-17(10-6-4-3-5-9(10)15)11-7-22(19,20)8-12(11)21-14/h3-6,11-12H,2,7-8H2,1H3/t11-,12-/m1/s1. The number of carbonyl (C=O) groups is 1. The highest BCUT2D eigenvalue weighted by atomic mass is 32.2. The van der Waals surface area contributed by atoms with E-state index in [9.17, 15) is 17.6 Å². The summed E-state index contributed by atoms with van der Waals surface area (Å²) in [6.45, 7) is 1.70. The highest BCUT2D eigenvalue weighted by Crippen LogP contribution is 2.41. The first kappa shape index (κ1) is 15.5. The molecule has 118 valence electrons. The lowest BCUT2D eigenvalue weighted by Crippen LogP contribution is -2.38. The second-order valence-electron chi connectivity index (χ2n) is 5.26. The normalized spacial score (nSPS) is 28.1. The quantitative estimate of drug-likeness (QED) is 0.820. The number of fused-ring (bicyclic) bond motifs is 1. The molecule has 0 spiro atoms.